The van der Waals surface area contributed by atoms with Gasteiger partial charge in [0.05, 0.1) is 0 Å². The molecule has 1 unspecified atom stereocenters. The largest absolute Gasteiger partial charge is 0.491 e. The molecule has 1 aliphatic carbocycles. The molecule has 0 radical (unpaired) electrons. The van der Waals surface area contributed by atoms with Gasteiger partial charge in [-0.05, 0) is 12.2 Å². The van der Waals surface area contributed by atoms with Gasteiger partial charge in [0, 0.05) is 6.08 Å². The number of ketones is 2. The molecule has 0 saturated heterocycles. The lowest BCUT2D eigenvalue weighted by Crippen LogP contribution is -2.34. The van der Waals surface area contributed by atoms with Gasteiger partial charge in [0.2, 0.25) is 11.6 Å². The average Bonchev–Trinajstić information content (AvgIpc) is 2.19. The number of carbonyl (C=O) groups excluding carboxylic acids is 2. The Hall–Kier alpha value is -1.95. The van der Waals surface area contributed by atoms with Crippen molar-refractivity contribution in [3.8, 4) is 0 Å². The van der Waals surface area contributed by atoms with E-state index >= 15 is 0 Å². The topological polar surface area (TPSA) is 107 Å². The zero-order valence-electron chi connectivity index (χ0n) is 7.67. The van der Waals surface area contributed by atoms with Crippen molar-refractivity contribution >= 4 is 17.5 Å². The first-order valence-electron chi connectivity index (χ1n) is 4.10. The van der Waals surface area contributed by atoms with Crippen LogP contribution >= 0.6 is 0 Å². The first kappa shape index (κ1) is 11.1. The Morgan fingerprint density at radius 1 is 1.40 bits per heavy atom. The number of carbonyl (C=O) groups is 3. The molecular formula is C9H9NO5. The summed E-state index contributed by atoms with van der Waals surface area (Å²) in [7, 11) is 0. The molecule has 0 saturated carbocycles. The predicted molar refractivity (Wildman–Crippen MR) is 48.8 cm³/mol. The van der Waals surface area contributed by atoms with Crippen molar-refractivity contribution in [2.24, 2.45) is 5.73 Å². The molecule has 0 fully saturated rings. The molecular weight excluding hydrogens is 202 g/mol. The average molecular weight is 211 g/mol. The maximum atomic E-state index is 10.9. The van der Waals surface area contributed by atoms with E-state index in [0.717, 1.165) is 12.2 Å². The summed E-state index contributed by atoms with van der Waals surface area (Å²) in [6.07, 6.45) is 3.35. The number of hydrogen-bond acceptors (Lipinski definition) is 5. The third-order valence-electron chi connectivity index (χ3n) is 1.66. The van der Waals surface area contributed by atoms with Gasteiger partial charge in [0.25, 0.3) is 0 Å². The van der Waals surface area contributed by atoms with E-state index in [4.69, 9.17) is 15.6 Å². The van der Waals surface area contributed by atoms with E-state index in [9.17, 15) is 14.4 Å². The first-order valence-corrected chi connectivity index (χ1v) is 4.10. The van der Waals surface area contributed by atoms with Gasteiger partial charge >= 0.3 is 5.97 Å². The number of nitrogens with two attached hydrogens (primary N) is 1. The molecule has 1 atom stereocenters. The Labute approximate surface area is 85.0 Å². The highest BCUT2D eigenvalue weighted by Crippen LogP contribution is 2.06. The van der Waals surface area contributed by atoms with E-state index in [1.165, 1.54) is 6.08 Å². The van der Waals surface area contributed by atoms with Gasteiger partial charge in [-0.25, -0.2) is 0 Å². The second kappa shape index (κ2) is 4.52. The zero-order chi connectivity index (χ0) is 11.4. The van der Waals surface area contributed by atoms with Crippen molar-refractivity contribution in [3.05, 3.63) is 24.0 Å². The van der Waals surface area contributed by atoms with Gasteiger partial charge in [0.1, 0.15) is 18.4 Å². The third-order valence-corrected chi connectivity index (χ3v) is 1.66. The van der Waals surface area contributed by atoms with Crippen LogP contribution in [0.4, 0.5) is 0 Å². The van der Waals surface area contributed by atoms with Crippen LogP contribution in [0.15, 0.2) is 24.0 Å². The van der Waals surface area contributed by atoms with E-state index in [0.29, 0.717) is 0 Å². The van der Waals surface area contributed by atoms with E-state index in [1.54, 1.807) is 0 Å². The molecule has 0 bridgehead atoms. The molecule has 0 aromatic rings. The fraction of sp³-hybridized carbons (Fsp3) is 0.222. The van der Waals surface area contributed by atoms with Crippen LogP contribution in [0.2, 0.25) is 0 Å². The monoisotopic (exact) mass is 211 g/mol. The number of ether oxygens (including phenoxy) is 1. The lowest BCUT2D eigenvalue weighted by molar-refractivity contribution is -0.139. The summed E-state index contributed by atoms with van der Waals surface area (Å²) in [5.41, 5.74) is 5.17. The number of carboxylic acids is 1. The van der Waals surface area contributed by atoms with Crippen LogP contribution in [0.3, 0.4) is 0 Å². The standard InChI is InChI=1S/C9H9NO5/c10-6(9(13)14)4-15-5-1-2-7(11)8(12)3-5/h1-3,6H,4,10H2,(H,13,14). The molecule has 0 aromatic carbocycles. The number of allylic oxidation sites excluding steroid dienone is 3. The van der Waals surface area contributed by atoms with Crippen molar-refractivity contribution in [1.29, 1.82) is 0 Å². The normalized spacial score (nSPS) is 17.3. The Balaban J connectivity index is 2.51. The molecule has 0 aromatic heterocycles. The number of hydrogen-bond donors (Lipinski definition) is 2. The Morgan fingerprint density at radius 2 is 2.07 bits per heavy atom. The van der Waals surface area contributed by atoms with Crippen LogP contribution in [0.25, 0.3) is 0 Å². The highest BCUT2D eigenvalue weighted by molar-refractivity contribution is 6.46. The summed E-state index contributed by atoms with van der Waals surface area (Å²) in [5, 5.41) is 8.44. The van der Waals surface area contributed by atoms with E-state index in [2.05, 4.69) is 0 Å². The van der Waals surface area contributed by atoms with Gasteiger partial charge in [-0.2, -0.15) is 0 Å². The maximum absolute atomic E-state index is 10.9. The lowest BCUT2D eigenvalue weighted by Gasteiger charge is -2.11. The smallest absolute Gasteiger partial charge is 0.324 e. The fourth-order valence-corrected chi connectivity index (χ4v) is 0.835. The number of carboxylic acid groups (broad SMARTS) is 1. The number of rotatable bonds is 4. The molecule has 0 heterocycles. The van der Waals surface area contributed by atoms with Gasteiger partial charge in [0.15, 0.2) is 0 Å². The van der Waals surface area contributed by atoms with Crippen molar-refractivity contribution in [2.75, 3.05) is 6.61 Å². The molecule has 1 rings (SSSR count). The molecule has 6 nitrogen and oxygen atoms in total. The van der Waals surface area contributed by atoms with Crippen LogP contribution in [0.5, 0.6) is 0 Å². The van der Waals surface area contributed by atoms with Crippen LogP contribution in [0, 0.1) is 0 Å². The number of aliphatic carboxylic acids is 1. The molecule has 3 N–H and O–H groups in total. The molecule has 0 aliphatic heterocycles. The van der Waals surface area contributed by atoms with Gasteiger partial charge < -0.3 is 15.6 Å². The van der Waals surface area contributed by atoms with Crippen molar-refractivity contribution < 1.29 is 24.2 Å². The van der Waals surface area contributed by atoms with Gasteiger partial charge in [-0.3, -0.25) is 14.4 Å². The van der Waals surface area contributed by atoms with E-state index in [-0.39, 0.29) is 12.4 Å². The highest BCUT2D eigenvalue weighted by Gasteiger charge is 2.16. The fourth-order valence-electron chi connectivity index (χ4n) is 0.835. The van der Waals surface area contributed by atoms with Crippen molar-refractivity contribution in [2.45, 2.75) is 6.04 Å². The van der Waals surface area contributed by atoms with E-state index in [1.807, 2.05) is 0 Å². The molecule has 0 amide bonds. The summed E-state index contributed by atoms with van der Waals surface area (Å²) in [4.78, 5) is 31.9. The third kappa shape index (κ3) is 3.03. The van der Waals surface area contributed by atoms with Crippen LogP contribution in [-0.2, 0) is 19.1 Å². The molecule has 80 valence electrons. The van der Waals surface area contributed by atoms with Crippen LogP contribution in [-0.4, -0.2) is 35.3 Å². The second-order valence-electron chi connectivity index (χ2n) is 2.86. The Morgan fingerprint density at radius 3 is 2.60 bits per heavy atom. The van der Waals surface area contributed by atoms with Crippen LogP contribution in [0.1, 0.15) is 0 Å². The van der Waals surface area contributed by atoms with Crippen LogP contribution < -0.4 is 5.73 Å². The molecule has 1 aliphatic rings. The minimum atomic E-state index is -1.20. The Kier molecular flexibility index (Phi) is 3.35. The minimum Gasteiger partial charge on any atom is -0.491 e. The summed E-state index contributed by atoms with van der Waals surface area (Å²) >= 11 is 0. The van der Waals surface area contributed by atoms with Crippen molar-refractivity contribution in [3.63, 3.8) is 0 Å². The maximum Gasteiger partial charge on any atom is 0.324 e. The van der Waals surface area contributed by atoms with E-state index < -0.39 is 23.6 Å². The second-order valence-corrected chi connectivity index (χ2v) is 2.86. The SMILES string of the molecule is NC(COC1=CC(=O)C(=O)C=C1)C(=O)O. The minimum absolute atomic E-state index is 0.135. The highest BCUT2D eigenvalue weighted by atomic mass is 16.5. The summed E-state index contributed by atoms with van der Waals surface area (Å²) < 4.78 is 4.92. The first-order chi connectivity index (χ1) is 7.00. The lowest BCUT2D eigenvalue weighted by atomic mass is 10.1. The van der Waals surface area contributed by atoms with Crippen molar-refractivity contribution in [1.82, 2.24) is 0 Å². The summed E-state index contributed by atoms with van der Waals surface area (Å²) in [6, 6.07) is -1.16. The van der Waals surface area contributed by atoms with Gasteiger partial charge in [-0.1, -0.05) is 0 Å². The summed E-state index contributed by atoms with van der Waals surface area (Å²) in [6.45, 7) is -0.257. The molecule has 6 heteroatoms. The molecule has 0 spiro atoms. The van der Waals surface area contributed by atoms with Gasteiger partial charge in [-0.15, -0.1) is 0 Å². The molecule has 15 heavy (non-hydrogen) atoms. The summed E-state index contributed by atoms with van der Waals surface area (Å²) in [5.74, 6) is -2.39. The zero-order valence-corrected chi connectivity index (χ0v) is 7.67. The predicted octanol–water partition coefficient (Wildman–Crippen LogP) is -0.993. The quantitative estimate of drug-likeness (QED) is 0.456. The Bertz CT molecular complexity index is 369.